The predicted octanol–water partition coefficient (Wildman–Crippen LogP) is 0.767. The minimum atomic E-state index is -0.458. The van der Waals surface area contributed by atoms with E-state index in [1.54, 1.807) is 7.11 Å². The molecular weight excluding hydrogens is 242 g/mol. The normalized spacial score (nSPS) is 16.5. The Bertz CT molecular complexity index is 358. The van der Waals surface area contributed by atoms with Gasteiger partial charge in [-0.1, -0.05) is 24.3 Å². The van der Waals surface area contributed by atoms with E-state index in [2.05, 4.69) is 29.6 Å². The maximum atomic E-state index is 9.80. The van der Waals surface area contributed by atoms with Gasteiger partial charge in [0, 0.05) is 19.7 Å². The van der Waals surface area contributed by atoms with Crippen LogP contribution in [-0.4, -0.2) is 50.7 Å². The third-order valence-electron chi connectivity index (χ3n) is 3.44. The second kappa shape index (κ2) is 7.60. The Kier molecular flexibility index (Phi) is 5.79. The number of ether oxygens (including phenoxy) is 2. The number of aliphatic hydroxyl groups is 1. The standard InChI is InChI=1S/C15H23NO3/c1-18-6-7-19-11-15(17)10-16-14-8-12-4-2-3-5-13(12)9-14/h2-5,14-17H,6-11H2,1H3. The van der Waals surface area contributed by atoms with Gasteiger partial charge in [-0.25, -0.2) is 0 Å². The van der Waals surface area contributed by atoms with Crippen molar-refractivity contribution in [3.63, 3.8) is 0 Å². The van der Waals surface area contributed by atoms with Gasteiger partial charge in [-0.15, -0.1) is 0 Å². The molecule has 0 radical (unpaired) electrons. The van der Waals surface area contributed by atoms with Crippen LogP contribution in [0.3, 0.4) is 0 Å². The van der Waals surface area contributed by atoms with Gasteiger partial charge >= 0.3 is 0 Å². The van der Waals surface area contributed by atoms with E-state index in [4.69, 9.17) is 9.47 Å². The van der Waals surface area contributed by atoms with E-state index in [1.807, 2.05) is 0 Å². The van der Waals surface area contributed by atoms with Crippen molar-refractivity contribution in [3.05, 3.63) is 35.4 Å². The van der Waals surface area contributed by atoms with Crippen molar-refractivity contribution in [1.29, 1.82) is 0 Å². The van der Waals surface area contributed by atoms with Crippen LogP contribution in [-0.2, 0) is 22.3 Å². The molecule has 1 aromatic rings. The third-order valence-corrected chi connectivity index (χ3v) is 3.44. The van der Waals surface area contributed by atoms with Crippen molar-refractivity contribution < 1.29 is 14.6 Å². The molecule has 0 amide bonds. The maximum Gasteiger partial charge on any atom is 0.0897 e. The second-order valence-electron chi connectivity index (χ2n) is 5.00. The molecular formula is C15H23NO3. The minimum absolute atomic E-state index is 0.357. The second-order valence-corrected chi connectivity index (χ2v) is 5.00. The summed E-state index contributed by atoms with van der Waals surface area (Å²) in [6.07, 6.45) is 1.64. The van der Waals surface area contributed by atoms with E-state index >= 15 is 0 Å². The predicted molar refractivity (Wildman–Crippen MR) is 74.3 cm³/mol. The summed E-state index contributed by atoms with van der Waals surface area (Å²) in [5, 5.41) is 13.2. The average Bonchev–Trinajstić information content (AvgIpc) is 2.84. The summed E-state index contributed by atoms with van der Waals surface area (Å²) in [6.45, 7) is 2.03. The van der Waals surface area contributed by atoms with Crippen LogP contribution in [0.25, 0.3) is 0 Å². The fourth-order valence-corrected chi connectivity index (χ4v) is 2.43. The largest absolute Gasteiger partial charge is 0.389 e. The molecule has 0 aliphatic heterocycles. The topological polar surface area (TPSA) is 50.7 Å². The molecule has 2 N–H and O–H groups in total. The third kappa shape index (κ3) is 4.58. The Hall–Kier alpha value is -0.940. The Morgan fingerprint density at radius 1 is 1.26 bits per heavy atom. The monoisotopic (exact) mass is 265 g/mol. The van der Waals surface area contributed by atoms with E-state index in [0.717, 1.165) is 12.8 Å². The highest BCUT2D eigenvalue weighted by molar-refractivity contribution is 5.33. The van der Waals surface area contributed by atoms with Gasteiger partial charge in [0.25, 0.3) is 0 Å². The molecule has 1 unspecified atom stereocenters. The quantitative estimate of drug-likeness (QED) is 0.682. The van der Waals surface area contributed by atoms with Crippen LogP contribution in [0, 0.1) is 0 Å². The lowest BCUT2D eigenvalue weighted by molar-refractivity contribution is 0.0130. The number of aliphatic hydroxyl groups excluding tert-OH is 1. The van der Waals surface area contributed by atoms with Crippen molar-refractivity contribution in [3.8, 4) is 0 Å². The Balaban J connectivity index is 1.62. The first-order chi connectivity index (χ1) is 9.29. The van der Waals surface area contributed by atoms with Gasteiger partial charge in [-0.05, 0) is 24.0 Å². The van der Waals surface area contributed by atoms with Gasteiger partial charge in [-0.2, -0.15) is 0 Å². The van der Waals surface area contributed by atoms with Gasteiger partial charge in [0.15, 0.2) is 0 Å². The van der Waals surface area contributed by atoms with Crippen LogP contribution in [0.4, 0.5) is 0 Å². The summed E-state index contributed by atoms with van der Waals surface area (Å²) < 4.78 is 10.2. The molecule has 1 atom stereocenters. The highest BCUT2D eigenvalue weighted by Gasteiger charge is 2.20. The summed E-state index contributed by atoms with van der Waals surface area (Å²) >= 11 is 0. The SMILES string of the molecule is COCCOCC(O)CNC1Cc2ccccc2C1. The van der Waals surface area contributed by atoms with Crippen LogP contribution in [0.15, 0.2) is 24.3 Å². The Labute approximate surface area is 114 Å². The van der Waals surface area contributed by atoms with Crippen LogP contribution in [0.2, 0.25) is 0 Å². The zero-order chi connectivity index (χ0) is 13.5. The number of rotatable bonds is 8. The molecule has 4 nitrogen and oxygen atoms in total. The van der Waals surface area contributed by atoms with Crippen LogP contribution >= 0.6 is 0 Å². The summed E-state index contributed by atoms with van der Waals surface area (Å²) in [5.74, 6) is 0. The van der Waals surface area contributed by atoms with E-state index < -0.39 is 6.10 Å². The first kappa shape index (κ1) is 14.5. The van der Waals surface area contributed by atoms with Crippen LogP contribution in [0.5, 0.6) is 0 Å². The van der Waals surface area contributed by atoms with E-state index in [1.165, 1.54) is 11.1 Å². The van der Waals surface area contributed by atoms with E-state index in [0.29, 0.717) is 32.4 Å². The van der Waals surface area contributed by atoms with Gasteiger partial charge < -0.3 is 19.9 Å². The first-order valence-electron chi connectivity index (χ1n) is 6.84. The van der Waals surface area contributed by atoms with E-state index in [9.17, 15) is 5.11 Å². The van der Waals surface area contributed by atoms with Gasteiger partial charge in [0.05, 0.1) is 25.9 Å². The Morgan fingerprint density at radius 3 is 2.58 bits per heavy atom. The molecule has 2 rings (SSSR count). The summed E-state index contributed by atoms with van der Waals surface area (Å²) in [4.78, 5) is 0. The van der Waals surface area contributed by atoms with Gasteiger partial charge in [-0.3, -0.25) is 0 Å². The molecule has 1 aliphatic carbocycles. The number of fused-ring (bicyclic) bond motifs is 1. The van der Waals surface area contributed by atoms with Crippen molar-refractivity contribution in [1.82, 2.24) is 5.32 Å². The molecule has 0 spiro atoms. The lowest BCUT2D eigenvalue weighted by atomic mass is 10.1. The zero-order valence-corrected chi connectivity index (χ0v) is 11.5. The molecule has 0 bridgehead atoms. The maximum absolute atomic E-state index is 9.80. The molecule has 4 heteroatoms. The van der Waals surface area contributed by atoms with Gasteiger partial charge in [0.1, 0.15) is 0 Å². The number of hydrogen-bond donors (Lipinski definition) is 2. The summed E-state index contributed by atoms with van der Waals surface area (Å²) in [5.41, 5.74) is 2.84. The van der Waals surface area contributed by atoms with Crippen LogP contribution in [0.1, 0.15) is 11.1 Å². The molecule has 0 saturated carbocycles. The smallest absolute Gasteiger partial charge is 0.0897 e. The number of benzene rings is 1. The van der Waals surface area contributed by atoms with Crippen molar-refractivity contribution >= 4 is 0 Å². The highest BCUT2D eigenvalue weighted by atomic mass is 16.5. The molecule has 0 saturated heterocycles. The molecule has 106 valence electrons. The molecule has 0 aromatic heterocycles. The molecule has 1 aliphatic rings. The minimum Gasteiger partial charge on any atom is -0.389 e. The number of methoxy groups -OCH3 is 1. The first-order valence-corrected chi connectivity index (χ1v) is 6.84. The average molecular weight is 265 g/mol. The van der Waals surface area contributed by atoms with E-state index in [-0.39, 0.29) is 0 Å². The molecule has 0 fully saturated rings. The fourth-order valence-electron chi connectivity index (χ4n) is 2.43. The van der Waals surface area contributed by atoms with Crippen molar-refractivity contribution in [2.75, 3.05) is 33.5 Å². The lowest BCUT2D eigenvalue weighted by Gasteiger charge is -2.16. The Morgan fingerprint density at radius 2 is 1.95 bits per heavy atom. The number of hydrogen-bond acceptors (Lipinski definition) is 4. The summed E-state index contributed by atoms with van der Waals surface area (Å²) in [6, 6.07) is 8.97. The lowest BCUT2D eigenvalue weighted by Crippen LogP contribution is -2.38. The van der Waals surface area contributed by atoms with Crippen LogP contribution < -0.4 is 5.32 Å². The number of nitrogens with one attached hydrogen (secondary N) is 1. The summed E-state index contributed by atoms with van der Waals surface area (Å²) in [7, 11) is 1.64. The van der Waals surface area contributed by atoms with Gasteiger partial charge in [0.2, 0.25) is 0 Å². The molecule has 0 heterocycles. The van der Waals surface area contributed by atoms with Crippen molar-refractivity contribution in [2.45, 2.75) is 25.0 Å². The molecule has 19 heavy (non-hydrogen) atoms. The highest BCUT2D eigenvalue weighted by Crippen LogP contribution is 2.21. The van der Waals surface area contributed by atoms with Crippen molar-refractivity contribution in [2.24, 2.45) is 0 Å². The molecule has 1 aromatic carbocycles. The zero-order valence-electron chi connectivity index (χ0n) is 11.5. The fraction of sp³-hybridized carbons (Fsp3) is 0.600.